The van der Waals surface area contributed by atoms with Crippen LogP contribution < -0.4 is 4.90 Å². The van der Waals surface area contributed by atoms with Crippen LogP contribution in [0.15, 0.2) is 22.9 Å². The second-order valence-electron chi connectivity index (χ2n) is 5.57. The van der Waals surface area contributed by atoms with E-state index in [9.17, 15) is 9.59 Å². The van der Waals surface area contributed by atoms with Gasteiger partial charge in [-0.25, -0.2) is 9.88 Å². The number of imide groups is 1. The number of methoxy groups -OCH3 is 1. The molecule has 0 aromatic carbocycles. The maximum absolute atomic E-state index is 12.2. The van der Waals surface area contributed by atoms with Gasteiger partial charge < -0.3 is 9.26 Å². The highest BCUT2D eigenvalue weighted by molar-refractivity contribution is 7.22. The molecule has 7 nitrogen and oxygen atoms in total. The fourth-order valence-corrected chi connectivity index (χ4v) is 4.03. The van der Waals surface area contributed by atoms with Crippen LogP contribution in [0.2, 0.25) is 0 Å². The molecule has 0 radical (unpaired) electrons. The molecule has 0 unspecified atom stereocenters. The summed E-state index contributed by atoms with van der Waals surface area (Å²) in [6.07, 6.45) is 1.45. The number of carbonyl (C=O) groups excluding carboxylic acids is 2. The molecule has 0 saturated heterocycles. The largest absolute Gasteiger partial charge is 0.380 e. The van der Waals surface area contributed by atoms with E-state index in [0.717, 1.165) is 21.5 Å². The van der Waals surface area contributed by atoms with Crippen molar-refractivity contribution in [3.8, 4) is 10.6 Å². The van der Waals surface area contributed by atoms with Gasteiger partial charge in [-0.3, -0.25) is 9.59 Å². The second-order valence-corrected chi connectivity index (χ2v) is 6.57. The van der Waals surface area contributed by atoms with Crippen molar-refractivity contribution in [1.82, 2.24) is 10.1 Å². The van der Waals surface area contributed by atoms with Crippen molar-refractivity contribution in [3.63, 3.8) is 0 Å². The number of ether oxygens (including phenoxy) is 1. The monoisotopic (exact) mass is 359 g/mol. The second kappa shape index (κ2) is 6.73. The topological polar surface area (TPSA) is 85.5 Å². The van der Waals surface area contributed by atoms with Gasteiger partial charge in [-0.05, 0) is 18.6 Å². The lowest BCUT2D eigenvalue weighted by Crippen LogP contribution is -2.33. The summed E-state index contributed by atoms with van der Waals surface area (Å²) in [5.74, 6) is -0.748. The normalized spacial score (nSPS) is 11.0. The van der Waals surface area contributed by atoms with E-state index in [4.69, 9.17) is 9.26 Å². The molecule has 0 N–H and O–H groups in total. The molecule has 3 rings (SSSR count). The number of hydrogen-bond donors (Lipinski definition) is 0. The van der Waals surface area contributed by atoms with Gasteiger partial charge in [-0.15, -0.1) is 11.3 Å². The van der Waals surface area contributed by atoms with E-state index in [-0.39, 0.29) is 11.8 Å². The smallest absolute Gasteiger partial charge is 0.230 e. The summed E-state index contributed by atoms with van der Waals surface area (Å²) in [5.41, 5.74) is 2.72. The van der Waals surface area contributed by atoms with Crippen LogP contribution in [0.5, 0.6) is 0 Å². The molecule has 3 aromatic heterocycles. The van der Waals surface area contributed by atoms with Crippen LogP contribution in [0.1, 0.15) is 25.1 Å². The van der Waals surface area contributed by atoms with Gasteiger partial charge in [0.15, 0.2) is 0 Å². The van der Waals surface area contributed by atoms with Crippen molar-refractivity contribution >= 4 is 39.1 Å². The minimum Gasteiger partial charge on any atom is -0.380 e. The molecule has 0 spiro atoms. The van der Waals surface area contributed by atoms with Crippen LogP contribution >= 0.6 is 11.3 Å². The van der Waals surface area contributed by atoms with Gasteiger partial charge in [0.05, 0.1) is 17.2 Å². The Kier molecular flexibility index (Phi) is 4.65. The maximum atomic E-state index is 12.2. The number of hydrogen-bond acceptors (Lipinski definition) is 7. The van der Waals surface area contributed by atoms with Gasteiger partial charge in [0, 0.05) is 38.1 Å². The summed E-state index contributed by atoms with van der Waals surface area (Å²) in [4.78, 5) is 31.5. The van der Waals surface area contributed by atoms with Crippen molar-refractivity contribution in [2.45, 2.75) is 27.4 Å². The number of pyridine rings is 1. The molecule has 8 heteroatoms. The van der Waals surface area contributed by atoms with Crippen LogP contribution in [0.25, 0.3) is 20.8 Å². The van der Waals surface area contributed by atoms with Crippen molar-refractivity contribution in [1.29, 1.82) is 0 Å². The van der Waals surface area contributed by atoms with Crippen LogP contribution in [0, 0.1) is 6.92 Å². The minimum absolute atomic E-state index is 0.339. The lowest BCUT2D eigenvalue weighted by molar-refractivity contribution is -0.124. The summed E-state index contributed by atoms with van der Waals surface area (Å²) in [6, 6.07) is 3.59. The van der Waals surface area contributed by atoms with Gasteiger partial charge in [0.1, 0.15) is 16.8 Å². The molecule has 2 amide bonds. The number of carbonyl (C=O) groups is 2. The molecular formula is C17H17N3O4S. The summed E-state index contributed by atoms with van der Waals surface area (Å²) in [5, 5.41) is 4.69. The third kappa shape index (κ3) is 3.06. The highest BCUT2D eigenvalue weighted by atomic mass is 32.1. The minimum atomic E-state index is -0.374. The zero-order valence-corrected chi connectivity index (χ0v) is 15.1. The standard InChI is InChI=1S/C17H17N3O4S/c1-9-7-12(8-23-4)14-15(20(10(2)21)11(3)22)16(25-17(14)18-9)13-5-6-24-19-13/h5-7H,8H2,1-4H3. The molecule has 3 heterocycles. The molecule has 0 aliphatic rings. The van der Waals surface area contributed by atoms with E-state index < -0.39 is 0 Å². The average molecular weight is 359 g/mol. The quantitative estimate of drug-likeness (QED) is 0.710. The first-order valence-corrected chi connectivity index (χ1v) is 8.39. The zero-order valence-electron chi connectivity index (χ0n) is 14.3. The van der Waals surface area contributed by atoms with Gasteiger partial charge >= 0.3 is 0 Å². The predicted molar refractivity (Wildman–Crippen MR) is 94.4 cm³/mol. The van der Waals surface area contributed by atoms with E-state index in [1.807, 2.05) is 13.0 Å². The number of amides is 2. The molecule has 0 fully saturated rings. The summed E-state index contributed by atoms with van der Waals surface area (Å²) >= 11 is 1.36. The van der Waals surface area contributed by atoms with Crippen LogP contribution in [0.3, 0.4) is 0 Å². The van der Waals surface area contributed by atoms with E-state index in [0.29, 0.717) is 27.7 Å². The number of nitrogens with zero attached hydrogens (tertiary/aromatic N) is 3. The summed E-state index contributed by atoms with van der Waals surface area (Å²) < 4.78 is 10.2. The van der Waals surface area contributed by atoms with Crippen LogP contribution in [-0.2, 0) is 20.9 Å². The Morgan fingerprint density at radius 3 is 2.60 bits per heavy atom. The Morgan fingerprint density at radius 2 is 2.04 bits per heavy atom. The van der Waals surface area contributed by atoms with E-state index in [1.165, 1.54) is 31.4 Å². The third-order valence-corrected chi connectivity index (χ3v) is 4.77. The van der Waals surface area contributed by atoms with Crippen molar-refractivity contribution in [3.05, 3.63) is 29.7 Å². The fourth-order valence-electron chi connectivity index (χ4n) is 2.82. The molecular weight excluding hydrogens is 342 g/mol. The Hall–Kier alpha value is -2.58. The first kappa shape index (κ1) is 17.2. The fraction of sp³-hybridized carbons (Fsp3) is 0.294. The first-order valence-electron chi connectivity index (χ1n) is 7.58. The molecule has 3 aromatic rings. The number of aromatic nitrogens is 2. The Morgan fingerprint density at radius 1 is 1.32 bits per heavy atom. The number of anilines is 1. The van der Waals surface area contributed by atoms with Gasteiger partial charge in [-0.2, -0.15) is 0 Å². The first-order chi connectivity index (χ1) is 11.9. The van der Waals surface area contributed by atoms with E-state index in [2.05, 4.69) is 10.1 Å². The molecule has 0 saturated carbocycles. The number of thiophene rings is 1. The van der Waals surface area contributed by atoms with Crippen molar-refractivity contribution in [2.24, 2.45) is 0 Å². The highest BCUT2D eigenvalue weighted by Crippen LogP contribution is 2.45. The maximum Gasteiger partial charge on any atom is 0.230 e. The van der Waals surface area contributed by atoms with Crippen molar-refractivity contribution < 1.29 is 18.8 Å². The van der Waals surface area contributed by atoms with Gasteiger partial charge in [-0.1, -0.05) is 5.16 Å². The summed E-state index contributed by atoms with van der Waals surface area (Å²) in [6.45, 7) is 4.94. The molecule has 0 aliphatic carbocycles. The number of aryl methyl sites for hydroxylation is 1. The SMILES string of the molecule is COCc1cc(C)nc2sc(-c3ccon3)c(N(C(C)=O)C(C)=O)c12. The Balaban J connectivity index is 2.42. The van der Waals surface area contributed by atoms with Crippen molar-refractivity contribution in [2.75, 3.05) is 12.0 Å². The van der Waals surface area contributed by atoms with Crippen LogP contribution in [-0.4, -0.2) is 29.1 Å². The molecule has 0 atom stereocenters. The molecule has 0 aliphatic heterocycles. The molecule has 130 valence electrons. The van der Waals surface area contributed by atoms with E-state index in [1.54, 1.807) is 13.2 Å². The van der Waals surface area contributed by atoms with Gasteiger partial charge in [0.2, 0.25) is 11.8 Å². The summed E-state index contributed by atoms with van der Waals surface area (Å²) in [7, 11) is 1.60. The Labute approximate surface area is 148 Å². The zero-order chi connectivity index (χ0) is 18.1. The van der Waals surface area contributed by atoms with E-state index >= 15 is 0 Å². The third-order valence-electron chi connectivity index (χ3n) is 3.67. The lowest BCUT2D eigenvalue weighted by Gasteiger charge is -2.19. The van der Waals surface area contributed by atoms with Gasteiger partial charge in [0.25, 0.3) is 0 Å². The predicted octanol–water partition coefficient (Wildman–Crippen LogP) is 3.31. The lowest BCUT2D eigenvalue weighted by atomic mass is 10.1. The molecule has 0 bridgehead atoms. The number of fused-ring (bicyclic) bond motifs is 1. The van der Waals surface area contributed by atoms with Crippen LogP contribution in [0.4, 0.5) is 5.69 Å². The highest BCUT2D eigenvalue weighted by Gasteiger charge is 2.28. The number of rotatable bonds is 4. The Bertz CT molecular complexity index is 933. The average Bonchev–Trinajstić information content (AvgIpc) is 3.14. The molecule has 25 heavy (non-hydrogen) atoms.